The van der Waals surface area contributed by atoms with Crippen LogP contribution in [0, 0.1) is 0 Å². The van der Waals surface area contributed by atoms with Gasteiger partial charge in [0.15, 0.2) is 0 Å². The van der Waals surface area contributed by atoms with Crippen LogP contribution < -0.4 is 0 Å². The van der Waals surface area contributed by atoms with E-state index in [4.69, 9.17) is 5.11 Å². The molecular weight excluding hydrogens is 132 g/mol. The zero-order valence-electron chi connectivity index (χ0n) is 6.26. The lowest BCUT2D eigenvalue weighted by Gasteiger charge is -1.99. The first-order valence-electron chi connectivity index (χ1n) is 3.06. The molecule has 58 valence electrons. The van der Waals surface area contributed by atoms with Gasteiger partial charge in [-0.3, -0.25) is 4.79 Å². The number of hydrogen-bond donors (Lipinski definition) is 1. The zero-order valence-corrected chi connectivity index (χ0v) is 6.26. The van der Waals surface area contributed by atoms with Crippen molar-refractivity contribution in [2.75, 3.05) is 13.2 Å². The standard InChI is InChI=1S/C7H12O3/c1-6(3-4-8)5-10-7(2)9/h3,8H,4-5H2,1-2H3/b6-3+. The van der Waals surface area contributed by atoms with Gasteiger partial charge >= 0.3 is 5.97 Å². The molecule has 0 fully saturated rings. The van der Waals surface area contributed by atoms with E-state index in [0.29, 0.717) is 0 Å². The molecule has 1 N–H and O–H groups in total. The molecule has 3 heteroatoms. The third-order valence-electron chi connectivity index (χ3n) is 0.943. The topological polar surface area (TPSA) is 46.5 Å². The summed E-state index contributed by atoms with van der Waals surface area (Å²) < 4.78 is 4.64. The summed E-state index contributed by atoms with van der Waals surface area (Å²) >= 11 is 0. The summed E-state index contributed by atoms with van der Waals surface area (Å²) in [5.74, 6) is -0.300. The SMILES string of the molecule is CC(=O)OC/C(C)=C/CO. The molecule has 0 aliphatic carbocycles. The van der Waals surface area contributed by atoms with Crippen molar-refractivity contribution < 1.29 is 14.6 Å². The minimum atomic E-state index is -0.300. The molecule has 0 saturated carbocycles. The van der Waals surface area contributed by atoms with Crippen LogP contribution in [0.5, 0.6) is 0 Å². The predicted molar refractivity (Wildman–Crippen MR) is 37.5 cm³/mol. The molecule has 0 amide bonds. The number of carbonyl (C=O) groups is 1. The largest absolute Gasteiger partial charge is 0.461 e. The Morgan fingerprint density at radius 2 is 2.20 bits per heavy atom. The fourth-order valence-electron chi connectivity index (χ4n) is 0.430. The van der Waals surface area contributed by atoms with Gasteiger partial charge in [-0.1, -0.05) is 6.08 Å². The Labute approximate surface area is 60.3 Å². The normalized spacial score (nSPS) is 11.3. The summed E-state index contributed by atoms with van der Waals surface area (Å²) in [6, 6.07) is 0. The molecule has 0 radical (unpaired) electrons. The fourth-order valence-corrected chi connectivity index (χ4v) is 0.430. The van der Waals surface area contributed by atoms with Gasteiger partial charge in [-0.2, -0.15) is 0 Å². The number of ether oxygens (including phenoxy) is 1. The number of carbonyl (C=O) groups excluding carboxylic acids is 1. The van der Waals surface area contributed by atoms with Gasteiger partial charge in [-0.25, -0.2) is 0 Å². The van der Waals surface area contributed by atoms with E-state index in [2.05, 4.69) is 4.74 Å². The van der Waals surface area contributed by atoms with Crippen molar-refractivity contribution in [3.63, 3.8) is 0 Å². The van der Waals surface area contributed by atoms with Crippen LogP contribution in [0.25, 0.3) is 0 Å². The van der Waals surface area contributed by atoms with E-state index < -0.39 is 0 Å². The van der Waals surface area contributed by atoms with Gasteiger partial charge in [0.2, 0.25) is 0 Å². The first kappa shape index (κ1) is 9.17. The van der Waals surface area contributed by atoms with Crippen LogP contribution in [-0.4, -0.2) is 24.3 Å². The van der Waals surface area contributed by atoms with Crippen molar-refractivity contribution in [1.29, 1.82) is 0 Å². The van der Waals surface area contributed by atoms with Crippen LogP contribution in [0.1, 0.15) is 13.8 Å². The molecule has 0 unspecified atom stereocenters. The highest BCUT2D eigenvalue weighted by atomic mass is 16.5. The third-order valence-corrected chi connectivity index (χ3v) is 0.943. The Bertz CT molecular complexity index is 138. The molecule has 0 aromatic carbocycles. The molecule has 0 atom stereocenters. The quantitative estimate of drug-likeness (QED) is 0.463. The van der Waals surface area contributed by atoms with E-state index in [1.54, 1.807) is 13.0 Å². The monoisotopic (exact) mass is 144 g/mol. The molecule has 0 aliphatic heterocycles. The lowest BCUT2D eigenvalue weighted by atomic mass is 10.3. The Balaban J connectivity index is 3.48. The number of rotatable bonds is 3. The molecule has 0 aliphatic rings. The van der Waals surface area contributed by atoms with Crippen LogP contribution in [0.4, 0.5) is 0 Å². The molecule has 0 saturated heterocycles. The molecule has 3 nitrogen and oxygen atoms in total. The van der Waals surface area contributed by atoms with Gasteiger partial charge in [0.25, 0.3) is 0 Å². The summed E-state index contributed by atoms with van der Waals surface area (Å²) in [6.45, 7) is 3.41. The number of hydrogen-bond acceptors (Lipinski definition) is 3. The van der Waals surface area contributed by atoms with E-state index >= 15 is 0 Å². The van der Waals surface area contributed by atoms with Crippen LogP contribution in [0.3, 0.4) is 0 Å². The van der Waals surface area contributed by atoms with E-state index in [-0.39, 0.29) is 19.2 Å². The van der Waals surface area contributed by atoms with E-state index in [9.17, 15) is 4.79 Å². The van der Waals surface area contributed by atoms with Gasteiger partial charge in [0.05, 0.1) is 6.61 Å². The highest BCUT2D eigenvalue weighted by Crippen LogP contribution is 1.92. The smallest absolute Gasteiger partial charge is 0.302 e. The molecule has 0 aromatic rings. The Morgan fingerprint density at radius 3 is 2.60 bits per heavy atom. The summed E-state index contributed by atoms with van der Waals surface area (Å²) in [5, 5.41) is 8.39. The van der Waals surface area contributed by atoms with Crippen LogP contribution in [-0.2, 0) is 9.53 Å². The van der Waals surface area contributed by atoms with Crippen molar-refractivity contribution in [3.05, 3.63) is 11.6 Å². The minimum Gasteiger partial charge on any atom is -0.461 e. The second-order valence-corrected chi connectivity index (χ2v) is 2.01. The van der Waals surface area contributed by atoms with Gasteiger partial charge in [0, 0.05) is 6.92 Å². The Hall–Kier alpha value is -0.830. The van der Waals surface area contributed by atoms with Gasteiger partial charge in [-0.15, -0.1) is 0 Å². The second kappa shape index (κ2) is 4.99. The van der Waals surface area contributed by atoms with E-state index in [1.807, 2.05) is 0 Å². The number of esters is 1. The maximum absolute atomic E-state index is 10.2. The van der Waals surface area contributed by atoms with Crippen LogP contribution in [0.15, 0.2) is 11.6 Å². The van der Waals surface area contributed by atoms with Crippen molar-refractivity contribution in [3.8, 4) is 0 Å². The fraction of sp³-hybridized carbons (Fsp3) is 0.571. The molecule has 0 spiro atoms. The molecular formula is C7H12O3. The number of aliphatic hydroxyl groups excluding tert-OH is 1. The van der Waals surface area contributed by atoms with Crippen molar-refractivity contribution >= 4 is 5.97 Å². The highest BCUT2D eigenvalue weighted by molar-refractivity contribution is 5.66. The maximum atomic E-state index is 10.2. The third kappa shape index (κ3) is 5.31. The van der Waals surface area contributed by atoms with Gasteiger partial charge in [0.1, 0.15) is 6.61 Å². The Kier molecular flexibility index (Phi) is 4.58. The Morgan fingerprint density at radius 1 is 1.60 bits per heavy atom. The van der Waals surface area contributed by atoms with Gasteiger partial charge in [-0.05, 0) is 12.5 Å². The average molecular weight is 144 g/mol. The summed E-state index contributed by atoms with van der Waals surface area (Å²) in [7, 11) is 0. The van der Waals surface area contributed by atoms with Crippen molar-refractivity contribution in [2.45, 2.75) is 13.8 Å². The molecule has 10 heavy (non-hydrogen) atoms. The summed E-state index contributed by atoms with van der Waals surface area (Å²) in [4.78, 5) is 10.2. The van der Waals surface area contributed by atoms with Crippen LogP contribution in [0.2, 0.25) is 0 Å². The lowest BCUT2D eigenvalue weighted by Crippen LogP contribution is -2.01. The maximum Gasteiger partial charge on any atom is 0.302 e. The van der Waals surface area contributed by atoms with Crippen LogP contribution >= 0.6 is 0 Å². The van der Waals surface area contributed by atoms with Crippen molar-refractivity contribution in [1.82, 2.24) is 0 Å². The number of aliphatic hydroxyl groups is 1. The highest BCUT2D eigenvalue weighted by Gasteiger charge is 1.92. The first-order valence-corrected chi connectivity index (χ1v) is 3.06. The summed E-state index contributed by atoms with van der Waals surface area (Å²) in [5.41, 5.74) is 0.859. The molecule has 0 heterocycles. The zero-order chi connectivity index (χ0) is 7.98. The molecule has 0 aromatic heterocycles. The second-order valence-electron chi connectivity index (χ2n) is 2.01. The minimum absolute atomic E-state index is 0.00685. The lowest BCUT2D eigenvalue weighted by molar-refractivity contribution is -0.139. The van der Waals surface area contributed by atoms with E-state index in [0.717, 1.165) is 5.57 Å². The molecule has 0 rings (SSSR count). The average Bonchev–Trinajstić information content (AvgIpc) is 1.85. The first-order chi connectivity index (χ1) is 4.66. The summed E-state index contributed by atoms with van der Waals surface area (Å²) in [6.07, 6.45) is 1.60. The van der Waals surface area contributed by atoms with Crippen molar-refractivity contribution in [2.24, 2.45) is 0 Å². The van der Waals surface area contributed by atoms with E-state index in [1.165, 1.54) is 6.92 Å². The predicted octanol–water partition coefficient (Wildman–Crippen LogP) is 0.488. The molecule has 0 bridgehead atoms. The van der Waals surface area contributed by atoms with Gasteiger partial charge < -0.3 is 9.84 Å².